The summed E-state index contributed by atoms with van der Waals surface area (Å²) < 4.78 is 119. The number of nitrogens with one attached hydrogen (secondary N) is 1. The maximum Gasteiger partial charge on any atom is 0.433 e. The van der Waals surface area contributed by atoms with Crippen molar-refractivity contribution in [3.05, 3.63) is 162 Å². The standard InChI is InChI=1S/C52H52F6N4O7/c53-51(54,55)46-34-47(52(56,57)58)62-50(60-46)48(49(61-62)40-16-8-3-9-17-40)39-18-20-42(21-19-39)66-32-31-65-30-29-64-28-25-59-35-41(63)36-69-43-22-23-44(68-27-24-38-13-6-2-7-14-38)45(33-43)67-26-10-15-37-11-4-1-5-12-37/h1-9,11-14,16-23,33-34,41,59,63H,10,15,24-32,35-36H2/t41-/m1/s1. The zero-order valence-electron chi connectivity index (χ0n) is 37.6. The number of aryl methyl sites for hydroxylation is 1. The van der Waals surface area contributed by atoms with E-state index in [0.717, 1.165) is 19.3 Å². The monoisotopic (exact) mass is 958 g/mol. The summed E-state index contributed by atoms with van der Waals surface area (Å²) in [5.74, 6) is 2.15. The lowest BCUT2D eigenvalue weighted by molar-refractivity contribution is -0.148. The highest BCUT2D eigenvalue weighted by Gasteiger charge is 2.41. The first-order chi connectivity index (χ1) is 33.4. The average Bonchev–Trinajstić information content (AvgIpc) is 3.74. The number of alkyl halides is 6. The van der Waals surface area contributed by atoms with Gasteiger partial charge in [-0.3, -0.25) is 0 Å². The number of benzene rings is 5. The van der Waals surface area contributed by atoms with Crippen LogP contribution in [0.4, 0.5) is 26.3 Å². The lowest BCUT2D eigenvalue weighted by Crippen LogP contribution is -2.33. The minimum absolute atomic E-state index is 0.00236. The maximum atomic E-state index is 14.1. The molecule has 7 aromatic rings. The number of hydrogen-bond acceptors (Lipinski definition) is 10. The van der Waals surface area contributed by atoms with E-state index in [1.165, 1.54) is 23.3 Å². The van der Waals surface area contributed by atoms with Crippen LogP contribution in [0, 0.1) is 0 Å². The van der Waals surface area contributed by atoms with Crippen molar-refractivity contribution in [3.63, 3.8) is 0 Å². The highest BCUT2D eigenvalue weighted by Crippen LogP contribution is 2.41. The molecule has 0 saturated heterocycles. The van der Waals surface area contributed by atoms with Crippen molar-refractivity contribution < 1.29 is 59.9 Å². The minimum atomic E-state index is -5.15. The Bertz CT molecular complexity index is 2640. The van der Waals surface area contributed by atoms with Crippen LogP contribution in [-0.2, 0) is 34.7 Å². The Kier molecular flexibility index (Phi) is 17.9. The zero-order chi connectivity index (χ0) is 48.5. The van der Waals surface area contributed by atoms with Crippen molar-refractivity contribution in [2.45, 2.75) is 37.7 Å². The molecule has 11 nitrogen and oxygen atoms in total. The maximum absolute atomic E-state index is 14.1. The van der Waals surface area contributed by atoms with Crippen LogP contribution in [-0.4, -0.2) is 91.8 Å². The predicted molar refractivity (Wildman–Crippen MR) is 248 cm³/mol. The molecule has 2 heterocycles. The summed E-state index contributed by atoms with van der Waals surface area (Å²) in [5, 5.41) is 17.8. The summed E-state index contributed by atoms with van der Waals surface area (Å²) in [6.07, 6.45) is -8.60. The Morgan fingerprint density at radius 1 is 0.565 bits per heavy atom. The molecule has 5 aromatic carbocycles. The van der Waals surface area contributed by atoms with Crippen LogP contribution in [0.5, 0.6) is 23.0 Å². The summed E-state index contributed by atoms with van der Waals surface area (Å²) in [4.78, 5) is 3.62. The first-order valence-electron chi connectivity index (χ1n) is 22.4. The third-order valence-electron chi connectivity index (χ3n) is 10.6. The van der Waals surface area contributed by atoms with Crippen LogP contribution >= 0.6 is 0 Å². The molecule has 69 heavy (non-hydrogen) atoms. The number of hydrogen-bond donors (Lipinski definition) is 2. The van der Waals surface area contributed by atoms with E-state index in [4.69, 9.17) is 28.4 Å². The molecule has 0 saturated carbocycles. The molecule has 0 unspecified atom stereocenters. The Balaban J connectivity index is 0.801. The predicted octanol–water partition coefficient (Wildman–Crippen LogP) is 10.2. The summed E-state index contributed by atoms with van der Waals surface area (Å²) in [6.45, 7) is 3.16. The van der Waals surface area contributed by atoms with Gasteiger partial charge in [-0.05, 0) is 59.9 Å². The zero-order valence-corrected chi connectivity index (χ0v) is 37.6. The van der Waals surface area contributed by atoms with Gasteiger partial charge >= 0.3 is 12.4 Å². The van der Waals surface area contributed by atoms with E-state index in [9.17, 15) is 31.4 Å². The number of aliphatic hydroxyl groups is 1. The van der Waals surface area contributed by atoms with Gasteiger partial charge in [0.1, 0.15) is 42.2 Å². The van der Waals surface area contributed by atoms with Crippen LogP contribution in [0.25, 0.3) is 28.0 Å². The highest BCUT2D eigenvalue weighted by molar-refractivity contribution is 5.90. The molecule has 0 aliphatic rings. The van der Waals surface area contributed by atoms with Crippen molar-refractivity contribution in [1.82, 2.24) is 19.9 Å². The summed E-state index contributed by atoms with van der Waals surface area (Å²) in [6, 6.07) is 40.0. The summed E-state index contributed by atoms with van der Waals surface area (Å²) in [5.41, 5.74) is -0.758. The van der Waals surface area contributed by atoms with E-state index in [-0.39, 0.29) is 55.9 Å². The van der Waals surface area contributed by atoms with Gasteiger partial charge in [-0.15, -0.1) is 0 Å². The van der Waals surface area contributed by atoms with Crippen LogP contribution < -0.4 is 24.3 Å². The van der Waals surface area contributed by atoms with Gasteiger partial charge in [-0.25, -0.2) is 9.50 Å². The summed E-state index contributed by atoms with van der Waals surface area (Å²) >= 11 is 0. The van der Waals surface area contributed by atoms with Crippen molar-refractivity contribution >= 4 is 5.65 Å². The Labute approximate surface area is 395 Å². The van der Waals surface area contributed by atoms with E-state index in [2.05, 4.69) is 39.7 Å². The SMILES string of the molecule is O[C@H](CNCCOCCOCCOc1ccc(-c2c(-c3ccccc3)nn3c(C(F)(F)F)cc(C(F)(F)F)nc23)cc1)COc1ccc(OCCc2ccccc2)c(OCCCc2ccccc2)c1. The topological polar surface area (TPSA) is 118 Å². The second kappa shape index (κ2) is 24.6. The van der Waals surface area contributed by atoms with E-state index in [1.54, 1.807) is 54.6 Å². The molecule has 0 amide bonds. The van der Waals surface area contributed by atoms with Gasteiger partial charge in [0.05, 0.1) is 45.2 Å². The Hall–Kier alpha value is -6.66. The molecule has 0 aliphatic carbocycles. The number of aromatic nitrogens is 3. The second-order valence-electron chi connectivity index (χ2n) is 15.7. The first-order valence-corrected chi connectivity index (χ1v) is 22.4. The smallest absolute Gasteiger partial charge is 0.433 e. The molecule has 1 atom stereocenters. The minimum Gasteiger partial charge on any atom is -0.491 e. The molecular formula is C52H52F6N4O7. The third-order valence-corrected chi connectivity index (χ3v) is 10.6. The fourth-order valence-corrected chi connectivity index (χ4v) is 7.19. The van der Waals surface area contributed by atoms with E-state index >= 15 is 0 Å². The van der Waals surface area contributed by atoms with Gasteiger partial charge in [0.25, 0.3) is 0 Å². The Morgan fingerprint density at radius 2 is 1.19 bits per heavy atom. The number of halogens is 6. The third kappa shape index (κ3) is 14.9. The molecule has 0 fully saturated rings. The Morgan fingerprint density at radius 3 is 1.87 bits per heavy atom. The number of aliphatic hydroxyl groups excluding tert-OH is 1. The van der Waals surface area contributed by atoms with Gasteiger partial charge in [-0.2, -0.15) is 31.4 Å². The lowest BCUT2D eigenvalue weighted by atomic mass is 10.0. The van der Waals surface area contributed by atoms with Crippen molar-refractivity contribution in [1.29, 1.82) is 0 Å². The fourth-order valence-electron chi connectivity index (χ4n) is 7.19. The molecule has 0 spiro atoms. The molecule has 2 N–H and O–H groups in total. The number of ether oxygens (including phenoxy) is 6. The molecule has 7 rings (SSSR count). The summed E-state index contributed by atoms with van der Waals surface area (Å²) in [7, 11) is 0. The molecule has 0 radical (unpaired) electrons. The average molecular weight is 959 g/mol. The quantitative estimate of drug-likeness (QED) is 0.0401. The molecule has 0 bridgehead atoms. The number of nitrogens with zero attached hydrogens (tertiary/aromatic N) is 3. The van der Waals surface area contributed by atoms with Gasteiger partial charge in [0, 0.05) is 31.1 Å². The van der Waals surface area contributed by atoms with Crippen LogP contribution in [0.3, 0.4) is 0 Å². The second-order valence-corrected chi connectivity index (χ2v) is 15.7. The van der Waals surface area contributed by atoms with Crippen molar-refractivity contribution in [2.75, 3.05) is 65.9 Å². The van der Waals surface area contributed by atoms with E-state index in [0.29, 0.717) is 66.0 Å². The van der Waals surface area contributed by atoms with Gasteiger partial charge in [0.2, 0.25) is 0 Å². The number of fused-ring (bicyclic) bond motifs is 1. The van der Waals surface area contributed by atoms with Crippen molar-refractivity contribution in [3.8, 4) is 45.4 Å². The fraction of sp³-hybridized carbons (Fsp3) is 0.308. The van der Waals surface area contributed by atoms with Gasteiger partial charge < -0.3 is 38.8 Å². The highest BCUT2D eigenvalue weighted by atomic mass is 19.4. The molecule has 364 valence electrons. The largest absolute Gasteiger partial charge is 0.491 e. The van der Waals surface area contributed by atoms with Crippen LogP contribution in [0.1, 0.15) is 28.9 Å². The lowest BCUT2D eigenvalue weighted by Gasteiger charge is -2.17. The van der Waals surface area contributed by atoms with Gasteiger partial charge in [-0.1, -0.05) is 103 Å². The molecule has 17 heteroatoms. The van der Waals surface area contributed by atoms with Crippen molar-refractivity contribution in [2.24, 2.45) is 0 Å². The molecular weight excluding hydrogens is 907 g/mol. The normalized spacial score (nSPS) is 12.3. The van der Waals surface area contributed by atoms with E-state index in [1.807, 2.05) is 42.5 Å². The molecule has 0 aliphatic heterocycles. The number of rotatable bonds is 26. The van der Waals surface area contributed by atoms with E-state index < -0.39 is 35.5 Å². The first kappa shape index (κ1) is 50.2. The van der Waals surface area contributed by atoms with Gasteiger partial charge in [0.15, 0.2) is 22.8 Å². The van der Waals surface area contributed by atoms with Crippen LogP contribution in [0.2, 0.25) is 0 Å². The van der Waals surface area contributed by atoms with Crippen LogP contribution in [0.15, 0.2) is 140 Å². The molecule has 2 aromatic heterocycles.